The van der Waals surface area contributed by atoms with Crippen molar-refractivity contribution in [2.75, 3.05) is 5.75 Å². The van der Waals surface area contributed by atoms with Crippen molar-refractivity contribution in [3.05, 3.63) is 35.4 Å². The predicted molar refractivity (Wildman–Crippen MR) is 92.1 cm³/mol. The summed E-state index contributed by atoms with van der Waals surface area (Å²) in [6, 6.07) is 8.94. The van der Waals surface area contributed by atoms with E-state index in [0.717, 1.165) is 5.75 Å². The number of hydrogen-bond acceptors (Lipinski definition) is 2. The lowest BCUT2D eigenvalue weighted by atomic mass is 9.77. The fraction of sp³-hybridized carbons (Fsp3) is 0.684. The highest BCUT2D eigenvalue weighted by atomic mass is 32.2. The summed E-state index contributed by atoms with van der Waals surface area (Å²) in [4.78, 5) is -0.123. The number of rotatable bonds is 3. The molecule has 1 aromatic rings. The minimum atomic E-state index is -0.123. The molecule has 1 heterocycles. The van der Waals surface area contributed by atoms with Gasteiger partial charge in [0.05, 0.1) is 6.10 Å². The molecule has 0 amide bonds. The molecule has 1 aliphatic carbocycles. The molecule has 2 aliphatic rings. The third-order valence-electron chi connectivity index (χ3n) is 5.60. The minimum Gasteiger partial charge on any atom is -0.358 e. The molecule has 3 rings (SSSR count). The fourth-order valence-corrected chi connectivity index (χ4v) is 6.25. The van der Waals surface area contributed by atoms with Crippen molar-refractivity contribution in [2.24, 2.45) is 0 Å². The summed E-state index contributed by atoms with van der Waals surface area (Å²) in [7, 11) is 0. The average Bonchev–Trinajstić information content (AvgIpc) is 2.95. The number of benzene rings is 1. The molecule has 1 aliphatic heterocycles. The largest absolute Gasteiger partial charge is 0.358 e. The summed E-state index contributed by atoms with van der Waals surface area (Å²) in [5.74, 6) is 1.14. The Labute approximate surface area is 133 Å². The van der Waals surface area contributed by atoms with Crippen LogP contribution in [0.15, 0.2) is 24.3 Å². The van der Waals surface area contributed by atoms with E-state index in [9.17, 15) is 0 Å². The van der Waals surface area contributed by atoms with E-state index in [4.69, 9.17) is 4.74 Å². The molecule has 21 heavy (non-hydrogen) atoms. The van der Waals surface area contributed by atoms with E-state index >= 15 is 0 Å². The first-order valence-corrected chi connectivity index (χ1v) is 9.27. The third-order valence-corrected chi connectivity index (χ3v) is 7.67. The van der Waals surface area contributed by atoms with Gasteiger partial charge in [-0.3, -0.25) is 0 Å². The maximum atomic E-state index is 6.79. The SMILES string of the molecule is CCCCC1CSC2(O1)C(C)(C)c1ccccc1C2(C)C. The molecule has 0 saturated carbocycles. The van der Waals surface area contributed by atoms with E-state index in [1.54, 1.807) is 0 Å². The standard InChI is InChI=1S/C19H28OS/c1-6-7-10-14-13-21-19(20-14)17(2,3)15-11-8-9-12-16(15)18(19,4)5/h8-9,11-12,14H,6-7,10,13H2,1-5H3. The molecule has 1 atom stereocenters. The number of fused-ring (bicyclic) bond motifs is 1. The fourth-order valence-electron chi connectivity index (χ4n) is 4.45. The Morgan fingerprint density at radius 2 is 1.67 bits per heavy atom. The second-order valence-corrected chi connectivity index (χ2v) is 8.80. The molecule has 116 valence electrons. The van der Waals surface area contributed by atoms with Crippen molar-refractivity contribution in [1.82, 2.24) is 0 Å². The highest BCUT2D eigenvalue weighted by Crippen LogP contribution is 2.65. The lowest BCUT2D eigenvalue weighted by Crippen LogP contribution is -2.52. The Hall–Kier alpha value is -0.470. The van der Waals surface area contributed by atoms with Crippen LogP contribution >= 0.6 is 11.8 Å². The molecule has 1 fully saturated rings. The van der Waals surface area contributed by atoms with Crippen molar-refractivity contribution in [3.8, 4) is 0 Å². The molecular formula is C19H28OS. The van der Waals surface area contributed by atoms with E-state index in [0.29, 0.717) is 6.10 Å². The third kappa shape index (κ3) is 1.95. The Balaban J connectivity index is 2.00. The van der Waals surface area contributed by atoms with Gasteiger partial charge < -0.3 is 4.74 Å². The lowest BCUT2D eigenvalue weighted by molar-refractivity contribution is -0.0774. The van der Waals surface area contributed by atoms with Gasteiger partial charge in [-0.15, -0.1) is 11.8 Å². The first kappa shape index (κ1) is 15.4. The Kier molecular flexibility index (Phi) is 3.69. The Morgan fingerprint density at radius 1 is 1.10 bits per heavy atom. The molecule has 1 aromatic carbocycles. The van der Waals surface area contributed by atoms with Crippen molar-refractivity contribution < 1.29 is 4.74 Å². The number of unbranched alkanes of at least 4 members (excludes halogenated alkanes) is 1. The van der Waals surface area contributed by atoms with Crippen LogP contribution in [0, 0.1) is 0 Å². The van der Waals surface area contributed by atoms with Crippen LogP contribution in [-0.4, -0.2) is 16.8 Å². The predicted octanol–water partition coefficient (Wildman–Crippen LogP) is 5.27. The first-order valence-electron chi connectivity index (χ1n) is 8.28. The monoisotopic (exact) mass is 304 g/mol. The second kappa shape index (κ2) is 5.03. The van der Waals surface area contributed by atoms with Crippen molar-refractivity contribution in [3.63, 3.8) is 0 Å². The molecule has 1 spiro atoms. The maximum Gasteiger partial charge on any atom is 0.132 e. The zero-order valence-corrected chi connectivity index (χ0v) is 14.8. The summed E-state index contributed by atoms with van der Waals surface area (Å²) in [6.07, 6.45) is 4.15. The summed E-state index contributed by atoms with van der Waals surface area (Å²) in [6.45, 7) is 11.7. The van der Waals surface area contributed by atoms with Gasteiger partial charge in [0.15, 0.2) is 0 Å². The van der Waals surface area contributed by atoms with Crippen LogP contribution in [0.5, 0.6) is 0 Å². The average molecular weight is 304 g/mol. The van der Waals surface area contributed by atoms with Crippen LogP contribution in [-0.2, 0) is 15.6 Å². The van der Waals surface area contributed by atoms with Crippen LogP contribution in [0.2, 0.25) is 0 Å². The smallest absolute Gasteiger partial charge is 0.132 e. The van der Waals surface area contributed by atoms with Crippen molar-refractivity contribution in [1.29, 1.82) is 0 Å². The van der Waals surface area contributed by atoms with Gasteiger partial charge in [0, 0.05) is 16.6 Å². The van der Waals surface area contributed by atoms with E-state index in [2.05, 4.69) is 70.6 Å². The van der Waals surface area contributed by atoms with Crippen molar-refractivity contribution >= 4 is 11.8 Å². The summed E-state index contributed by atoms with van der Waals surface area (Å²) in [5.41, 5.74) is 3.05. The van der Waals surface area contributed by atoms with Crippen LogP contribution in [0.4, 0.5) is 0 Å². The summed E-state index contributed by atoms with van der Waals surface area (Å²) >= 11 is 2.06. The molecule has 1 unspecified atom stereocenters. The summed E-state index contributed by atoms with van der Waals surface area (Å²) < 4.78 is 6.79. The zero-order valence-electron chi connectivity index (χ0n) is 14.0. The molecule has 1 saturated heterocycles. The zero-order chi connectivity index (χ0) is 15.3. The van der Waals surface area contributed by atoms with Gasteiger partial charge in [-0.2, -0.15) is 0 Å². The summed E-state index contributed by atoms with van der Waals surface area (Å²) in [5, 5.41) is 0. The highest BCUT2D eigenvalue weighted by molar-refractivity contribution is 8.00. The van der Waals surface area contributed by atoms with Crippen LogP contribution < -0.4 is 0 Å². The van der Waals surface area contributed by atoms with Gasteiger partial charge in [0.25, 0.3) is 0 Å². The van der Waals surface area contributed by atoms with E-state index < -0.39 is 0 Å². The normalized spacial score (nSPS) is 28.0. The first-order chi connectivity index (χ1) is 9.87. The molecule has 2 heteroatoms. The molecular weight excluding hydrogens is 276 g/mol. The van der Waals surface area contributed by atoms with Gasteiger partial charge in [0.1, 0.15) is 4.93 Å². The topological polar surface area (TPSA) is 9.23 Å². The van der Waals surface area contributed by atoms with E-state index in [1.807, 2.05) is 0 Å². The minimum absolute atomic E-state index is 0.0543. The maximum absolute atomic E-state index is 6.79. The Morgan fingerprint density at radius 3 is 2.19 bits per heavy atom. The van der Waals surface area contributed by atoms with Crippen LogP contribution in [0.25, 0.3) is 0 Å². The van der Waals surface area contributed by atoms with Gasteiger partial charge in [-0.1, -0.05) is 71.7 Å². The number of hydrogen-bond donors (Lipinski definition) is 0. The van der Waals surface area contributed by atoms with Crippen LogP contribution in [0.1, 0.15) is 65.0 Å². The number of ether oxygens (including phenoxy) is 1. The van der Waals surface area contributed by atoms with E-state index in [1.165, 1.54) is 30.4 Å². The van der Waals surface area contributed by atoms with Gasteiger partial charge in [-0.05, 0) is 17.5 Å². The quantitative estimate of drug-likeness (QED) is 0.752. The van der Waals surface area contributed by atoms with Gasteiger partial charge >= 0.3 is 0 Å². The molecule has 0 radical (unpaired) electrons. The Bertz CT molecular complexity index is 497. The molecule has 0 aromatic heterocycles. The molecule has 1 nitrogen and oxygen atoms in total. The molecule has 0 bridgehead atoms. The molecule has 0 N–H and O–H groups in total. The lowest BCUT2D eigenvalue weighted by Gasteiger charge is -2.45. The highest BCUT2D eigenvalue weighted by Gasteiger charge is 2.66. The second-order valence-electron chi connectivity index (χ2n) is 7.61. The van der Waals surface area contributed by atoms with Crippen molar-refractivity contribution in [2.45, 2.75) is 75.7 Å². The van der Waals surface area contributed by atoms with Crippen LogP contribution in [0.3, 0.4) is 0 Å². The van der Waals surface area contributed by atoms with Gasteiger partial charge in [-0.25, -0.2) is 0 Å². The van der Waals surface area contributed by atoms with E-state index in [-0.39, 0.29) is 15.8 Å². The number of thioether (sulfide) groups is 1. The van der Waals surface area contributed by atoms with Gasteiger partial charge in [0.2, 0.25) is 0 Å².